The van der Waals surface area contributed by atoms with Crippen molar-refractivity contribution >= 4 is 23.2 Å². The number of benzene rings is 3. The molecule has 0 aliphatic rings. The van der Waals surface area contributed by atoms with Crippen LogP contribution in [0, 0.1) is 0 Å². The molecule has 0 aliphatic carbocycles. The van der Waals surface area contributed by atoms with Gasteiger partial charge in [-0.3, -0.25) is 4.79 Å². The van der Waals surface area contributed by atoms with Crippen LogP contribution in [0.3, 0.4) is 0 Å². The minimum absolute atomic E-state index is 0.0605. The van der Waals surface area contributed by atoms with Gasteiger partial charge in [0.2, 0.25) is 5.82 Å². The van der Waals surface area contributed by atoms with Crippen LogP contribution in [-0.4, -0.2) is 27.8 Å². The molecule has 3 aromatic carbocycles. The second-order valence-electron chi connectivity index (χ2n) is 6.88. The minimum atomic E-state index is -0.389. The summed E-state index contributed by atoms with van der Waals surface area (Å²) < 4.78 is 6.86. The standard InChI is InChI=1S/C24H21ClN4O2/c1-3-16-7-9-19(10-8-16)26-24(30)22-27-23(17-5-4-6-18(25)15-17)29(28-22)20-11-13-21(31-2)14-12-20/h4-15H,3H2,1-2H3,(H,26,30). The fourth-order valence-corrected chi connectivity index (χ4v) is 3.33. The van der Waals surface area contributed by atoms with E-state index in [0.29, 0.717) is 16.5 Å². The van der Waals surface area contributed by atoms with Gasteiger partial charge in [-0.1, -0.05) is 42.8 Å². The van der Waals surface area contributed by atoms with E-state index in [4.69, 9.17) is 16.3 Å². The van der Waals surface area contributed by atoms with E-state index in [-0.39, 0.29) is 11.7 Å². The number of aromatic nitrogens is 3. The van der Waals surface area contributed by atoms with Crippen molar-refractivity contribution in [2.24, 2.45) is 0 Å². The van der Waals surface area contributed by atoms with Crippen LogP contribution < -0.4 is 10.1 Å². The Balaban J connectivity index is 1.71. The molecule has 1 amide bonds. The monoisotopic (exact) mass is 432 g/mol. The fraction of sp³-hybridized carbons (Fsp3) is 0.125. The lowest BCUT2D eigenvalue weighted by atomic mass is 10.1. The fourth-order valence-electron chi connectivity index (χ4n) is 3.14. The van der Waals surface area contributed by atoms with Crippen molar-refractivity contribution in [3.63, 3.8) is 0 Å². The summed E-state index contributed by atoms with van der Waals surface area (Å²) in [5.74, 6) is 0.908. The van der Waals surface area contributed by atoms with Crippen molar-refractivity contribution in [3.8, 4) is 22.8 Å². The lowest BCUT2D eigenvalue weighted by molar-refractivity contribution is 0.101. The molecular formula is C24H21ClN4O2. The lowest BCUT2D eigenvalue weighted by Crippen LogP contribution is -2.14. The predicted molar refractivity (Wildman–Crippen MR) is 122 cm³/mol. The van der Waals surface area contributed by atoms with E-state index < -0.39 is 0 Å². The van der Waals surface area contributed by atoms with Crippen LogP contribution in [0.5, 0.6) is 5.75 Å². The van der Waals surface area contributed by atoms with E-state index >= 15 is 0 Å². The normalized spacial score (nSPS) is 10.7. The molecule has 6 nitrogen and oxygen atoms in total. The van der Waals surface area contributed by atoms with Crippen LogP contribution in [0.4, 0.5) is 5.69 Å². The van der Waals surface area contributed by atoms with Crippen molar-refractivity contribution in [1.29, 1.82) is 0 Å². The average Bonchev–Trinajstić information content (AvgIpc) is 3.25. The van der Waals surface area contributed by atoms with Gasteiger partial charge in [-0.25, -0.2) is 9.67 Å². The molecule has 4 rings (SSSR count). The summed E-state index contributed by atoms with van der Waals surface area (Å²) in [6, 6.07) is 22.3. The van der Waals surface area contributed by atoms with E-state index in [1.165, 1.54) is 5.56 Å². The van der Waals surface area contributed by atoms with Crippen molar-refractivity contribution < 1.29 is 9.53 Å². The number of carbonyl (C=O) groups excluding carboxylic acids is 1. The average molecular weight is 433 g/mol. The van der Waals surface area contributed by atoms with Gasteiger partial charge in [-0.2, -0.15) is 0 Å². The zero-order chi connectivity index (χ0) is 21.8. The highest BCUT2D eigenvalue weighted by Crippen LogP contribution is 2.25. The minimum Gasteiger partial charge on any atom is -0.497 e. The van der Waals surface area contributed by atoms with Crippen LogP contribution in [0.2, 0.25) is 5.02 Å². The third kappa shape index (κ3) is 4.59. The molecule has 0 unspecified atom stereocenters. The molecule has 0 saturated heterocycles. The third-order valence-corrected chi connectivity index (χ3v) is 5.07. The molecule has 1 N–H and O–H groups in total. The molecule has 31 heavy (non-hydrogen) atoms. The van der Waals surface area contributed by atoms with Gasteiger partial charge in [0.1, 0.15) is 5.75 Å². The number of rotatable bonds is 6. The Morgan fingerprint density at radius 1 is 1.06 bits per heavy atom. The molecule has 0 radical (unpaired) electrons. The first-order valence-corrected chi connectivity index (χ1v) is 10.2. The third-order valence-electron chi connectivity index (χ3n) is 4.83. The summed E-state index contributed by atoms with van der Waals surface area (Å²) in [5.41, 5.74) is 3.38. The Hall–Kier alpha value is -3.64. The molecule has 0 bridgehead atoms. The molecule has 7 heteroatoms. The van der Waals surface area contributed by atoms with Gasteiger partial charge in [0.15, 0.2) is 5.82 Å². The second-order valence-corrected chi connectivity index (χ2v) is 7.32. The van der Waals surface area contributed by atoms with Crippen molar-refractivity contribution in [1.82, 2.24) is 14.8 Å². The van der Waals surface area contributed by atoms with Gasteiger partial charge in [-0.05, 0) is 60.5 Å². The van der Waals surface area contributed by atoms with E-state index in [2.05, 4.69) is 22.3 Å². The van der Waals surface area contributed by atoms with Gasteiger partial charge < -0.3 is 10.1 Å². The molecule has 0 spiro atoms. The Bertz CT molecular complexity index is 1200. The molecule has 0 fully saturated rings. The highest BCUT2D eigenvalue weighted by Gasteiger charge is 2.19. The predicted octanol–water partition coefficient (Wildman–Crippen LogP) is 5.41. The molecule has 156 valence electrons. The van der Waals surface area contributed by atoms with Crippen LogP contribution >= 0.6 is 11.6 Å². The topological polar surface area (TPSA) is 69.0 Å². The number of anilines is 1. The highest BCUT2D eigenvalue weighted by atomic mass is 35.5. The maximum Gasteiger partial charge on any atom is 0.295 e. The first kappa shape index (κ1) is 20.6. The number of hydrogen-bond donors (Lipinski definition) is 1. The van der Waals surface area contributed by atoms with Crippen LogP contribution in [0.15, 0.2) is 72.8 Å². The SMILES string of the molecule is CCc1ccc(NC(=O)c2nc(-c3cccc(Cl)c3)n(-c3ccc(OC)cc3)n2)cc1. The maximum absolute atomic E-state index is 12.9. The highest BCUT2D eigenvalue weighted by molar-refractivity contribution is 6.30. The molecule has 1 heterocycles. The molecule has 4 aromatic rings. The van der Waals surface area contributed by atoms with E-state index in [9.17, 15) is 4.79 Å². The zero-order valence-electron chi connectivity index (χ0n) is 17.2. The number of carbonyl (C=O) groups is 1. The number of halogens is 1. The van der Waals surface area contributed by atoms with Crippen LogP contribution in [0.1, 0.15) is 23.1 Å². The number of methoxy groups -OCH3 is 1. The summed E-state index contributed by atoms with van der Waals surface area (Å²) in [6.45, 7) is 2.08. The first-order valence-electron chi connectivity index (χ1n) is 9.85. The Labute approximate surface area is 185 Å². The number of nitrogens with zero attached hydrogens (tertiary/aromatic N) is 3. The number of hydrogen-bond acceptors (Lipinski definition) is 4. The zero-order valence-corrected chi connectivity index (χ0v) is 17.9. The number of aryl methyl sites for hydroxylation is 1. The summed E-state index contributed by atoms with van der Waals surface area (Å²) in [4.78, 5) is 17.4. The molecular weight excluding hydrogens is 412 g/mol. The molecule has 0 aliphatic heterocycles. The Kier molecular flexibility index (Phi) is 6.00. The number of nitrogens with one attached hydrogen (secondary N) is 1. The smallest absolute Gasteiger partial charge is 0.295 e. The molecule has 0 saturated carbocycles. The van der Waals surface area contributed by atoms with E-state index in [0.717, 1.165) is 23.4 Å². The van der Waals surface area contributed by atoms with Crippen LogP contribution in [-0.2, 0) is 6.42 Å². The number of amides is 1. The van der Waals surface area contributed by atoms with Gasteiger partial charge in [0.05, 0.1) is 12.8 Å². The van der Waals surface area contributed by atoms with Crippen LogP contribution in [0.25, 0.3) is 17.1 Å². The Morgan fingerprint density at radius 2 is 1.81 bits per heavy atom. The quantitative estimate of drug-likeness (QED) is 0.442. The van der Waals surface area contributed by atoms with Gasteiger partial charge in [-0.15, -0.1) is 5.10 Å². The number of ether oxygens (including phenoxy) is 1. The summed E-state index contributed by atoms with van der Waals surface area (Å²) >= 11 is 6.18. The second kappa shape index (κ2) is 9.02. The van der Waals surface area contributed by atoms with Crippen molar-refractivity contribution in [3.05, 3.63) is 89.2 Å². The van der Waals surface area contributed by atoms with E-state index in [1.807, 2.05) is 60.7 Å². The lowest BCUT2D eigenvalue weighted by Gasteiger charge is -2.07. The van der Waals surface area contributed by atoms with Gasteiger partial charge >= 0.3 is 0 Å². The maximum atomic E-state index is 12.9. The summed E-state index contributed by atoms with van der Waals surface area (Å²) in [5, 5.41) is 7.91. The largest absolute Gasteiger partial charge is 0.497 e. The van der Waals surface area contributed by atoms with Gasteiger partial charge in [0, 0.05) is 16.3 Å². The van der Waals surface area contributed by atoms with Crippen molar-refractivity contribution in [2.75, 3.05) is 12.4 Å². The summed E-state index contributed by atoms with van der Waals surface area (Å²) in [6.07, 6.45) is 0.936. The Morgan fingerprint density at radius 3 is 2.45 bits per heavy atom. The van der Waals surface area contributed by atoms with Crippen molar-refractivity contribution in [2.45, 2.75) is 13.3 Å². The van der Waals surface area contributed by atoms with Gasteiger partial charge in [0.25, 0.3) is 5.91 Å². The summed E-state index contributed by atoms with van der Waals surface area (Å²) in [7, 11) is 1.61. The first-order chi connectivity index (χ1) is 15.1. The molecule has 1 aromatic heterocycles. The molecule has 0 atom stereocenters. The van der Waals surface area contributed by atoms with E-state index in [1.54, 1.807) is 23.9 Å².